The zero-order valence-corrected chi connectivity index (χ0v) is 22.9. The van der Waals surface area contributed by atoms with E-state index in [4.69, 9.17) is 28.6 Å². The summed E-state index contributed by atoms with van der Waals surface area (Å²) < 4.78 is 5.18. The summed E-state index contributed by atoms with van der Waals surface area (Å²) in [5.74, 6) is 0.258. The SMILES string of the molecule is CCN1CCN(CCCN2C(=S)N(c3ccc(Cl)cc3)C(=O)[C@H]2CC(=O)Nc2ccc(OC)cc2)CC1. The van der Waals surface area contributed by atoms with Gasteiger partial charge in [0.15, 0.2) is 5.11 Å². The number of piperazine rings is 1. The van der Waals surface area contributed by atoms with Crippen molar-refractivity contribution in [1.29, 1.82) is 0 Å². The summed E-state index contributed by atoms with van der Waals surface area (Å²) in [6.07, 6.45) is 0.856. The molecular weight excluding hydrogens is 510 g/mol. The average Bonchev–Trinajstić information content (AvgIpc) is 3.14. The van der Waals surface area contributed by atoms with Gasteiger partial charge >= 0.3 is 0 Å². The van der Waals surface area contributed by atoms with Crippen LogP contribution in [-0.2, 0) is 9.59 Å². The van der Waals surface area contributed by atoms with Gasteiger partial charge in [0.1, 0.15) is 11.8 Å². The van der Waals surface area contributed by atoms with Gasteiger partial charge in [-0.25, -0.2) is 0 Å². The van der Waals surface area contributed by atoms with Crippen LogP contribution in [0.5, 0.6) is 5.75 Å². The molecule has 2 fully saturated rings. The van der Waals surface area contributed by atoms with Crippen LogP contribution in [0.4, 0.5) is 11.4 Å². The number of thiocarbonyl (C=S) groups is 1. The third-order valence-corrected chi connectivity index (χ3v) is 7.61. The number of halogens is 1. The van der Waals surface area contributed by atoms with Crippen molar-refractivity contribution in [2.45, 2.75) is 25.8 Å². The predicted octanol–water partition coefficient (Wildman–Crippen LogP) is 3.71. The number of ether oxygens (including phenoxy) is 1. The number of benzene rings is 2. The highest BCUT2D eigenvalue weighted by atomic mass is 35.5. The van der Waals surface area contributed by atoms with Gasteiger partial charge < -0.3 is 24.8 Å². The highest BCUT2D eigenvalue weighted by Gasteiger charge is 2.43. The molecule has 4 rings (SSSR count). The molecule has 2 aromatic carbocycles. The molecule has 0 saturated carbocycles. The number of anilines is 2. The summed E-state index contributed by atoms with van der Waals surface area (Å²) in [6.45, 7) is 9.05. The molecule has 0 aliphatic carbocycles. The van der Waals surface area contributed by atoms with E-state index in [1.165, 1.54) is 4.90 Å². The van der Waals surface area contributed by atoms with Crippen LogP contribution in [0.3, 0.4) is 0 Å². The van der Waals surface area contributed by atoms with Gasteiger partial charge in [-0.1, -0.05) is 18.5 Å². The van der Waals surface area contributed by atoms with Gasteiger partial charge in [0, 0.05) is 43.4 Å². The van der Waals surface area contributed by atoms with Crippen molar-refractivity contribution in [3.63, 3.8) is 0 Å². The average molecular weight is 544 g/mol. The summed E-state index contributed by atoms with van der Waals surface area (Å²) in [5, 5.41) is 3.89. The van der Waals surface area contributed by atoms with E-state index in [2.05, 4.69) is 22.0 Å². The van der Waals surface area contributed by atoms with E-state index in [-0.39, 0.29) is 18.2 Å². The number of hydrogen-bond acceptors (Lipinski definition) is 6. The van der Waals surface area contributed by atoms with Gasteiger partial charge in [0.05, 0.1) is 19.2 Å². The lowest BCUT2D eigenvalue weighted by molar-refractivity contribution is -0.124. The molecule has 2 aliphatic rings. The number of hydrogen-bond donors (Lipinski definition) is 1. The highest BCUT2D eigenvalue weighted by molar-refractivity contribution is 7.80. The fourth-order valence-electron chi connectivity index (χ4n) is 4.77. The maximum absolute atomic E-state index is 13.6. The molecule has 0 spiro atoms. The summed E-state index contributed by atoms with van der Waals surface area (Å²) in [6, 6.07) is 13.4. The fraction of sp³-hybridized carbons (Fsp3) is 0.444. The van der Waals surface area contributed by atoms with Crippen molar-refractivity contribution in [3.8, 4) is 5.75 Å². The Morgan fingerprint density at radius 2 is 1.68 bits per heavy atom. The molecule has 2 amide bonds. The zero-order valence-electron chi connectivity index (χ0n) is 21.4. The van der Waals surface area contributed by atoms with Crippen LogP contribution >= 0.6 is 23.8 Å². The van der Waals surface area contributed by atoms with Crippen LogP contribution in [0.15, 0.2) is 48.5 Å². The van der Waals surface area contributed by atoms with Crippen molar-refractivity contribution in [3.05, 3.63) is 53.6 Å². The van der Waals surface area contributed by atoms with Gasteiger partial charge in [-0.2, -0.15) is 0 Å². The van der Waals surface area contributed by atoms with E-state index in [1.54, 1.807) is 55.6 Å². The van der Waals surface area contributed by atoms with Gasteiger partial charge in [0.2, 0.25) is 5.91 Å². The Bertz CT molecular complexity index is 1090. The first-order chi connectivity index (χ1) is 17.9. The van der Waals surface area contributed by atoms with Crippen molar-refractivity contribution < 1.29 is 14.3 Å². The summed E-state index contributed by atoms with van der Waals surface area (Å²) >= 11 is 11.8. The fourth-order valence-corrected chi connectivity index (χ4v) is 5.31. The Labute approximate surface area is 229 Å². The van der Waals surface area contributed by atoms with Crippen molar-refractivity contribution >= 4 is 52.1 Å². The molecule has 2 heterocycles. The van der Waals surface area contributed by atoms with Crippen LogP contribution in [0.25, 0.3) is 0 Å². The van der Waals surface area contributed by atoms with E-state index in [0.717, 1.165) is 45.7 Å². The lowest BCUT2D eigenvalue weighted by atomic mass is 10.1. The summed E-state index contributed by atoms with van der Waals surface area (Å²) in [7, 11) is 1.59. The summed E-state index contributed by atoms with van der Waals surface area (Å²) in [5.41, 5.74) is 1.30. The zero-order chi connectivity index (χ0) is 26.4. The Kier molecular flexibility index (Phi) is 9.37. The largest absolute Gasteiger partial charge is 0.497 e. The molecule has 0 unspecified atom stereocenters. The molecular formula is C27H34ClN5O3S. The van der Waals surface area contributed by atoms with E-state index in [0.29, 0.717) is 33.8 Å². The number of likely N-dealkylation sites (N-methyl/N-ethyl adjacent to an activating group) is 1. The maximum atomic E-state index is 13.6. The topological polar surface area (TPSA) is 68.4 Å². The minimum atomic E-state index is -0.668. The molecule has 10 heteroatoms. The number of methoxy groups -OCH3 is 1. The molecule has 2 aromatic rings. The molecule has 8 nitrogen and oxygen atoms in total. The number of rotatable bonds is 10. The van der Waals surface area contributed by atoms with Crippen LogP contribution < -0.4 is 15.0 Å². The van der Waals surface area contributed by atoms with Crippen molar-refractivity contribution in [2.75, 3.05) is 63.1 Å². The predicted molar refractivity (Wildman–Crippen MR) is 151 cm³/mol. The second kappa shape index (κ2) is 12.7. The molecule has 37 heavy (non-hydrogen) atoms. The normalized spacial score (nSPS) is 18.9. The number of nitrogens with zero attached hydrogens (tertiary/aromatic N) is 4. The molecule has 1 atom stereocenters. The molecule has 0 aromatic heterocycles. The third-order valence-electron chi connectivity index (χ3n) is 6.94. The van der Waals surface area contributed by atoms with Crippen LogP contribution in [0.2, 0.25) is 5.02 Å². The standard InChI is InChI=1S/C27H34ClN5O3S/c1-3-30-15-17-31(18-16-30)13-4-14-32-24(19-25(34)29-21-7-11-23(36-2)12-8-21)26(35)33(27(32)37)22-9-5-20(28)6-10-22/h5-12,24H,3-4,13-19H2,1-2H3,(H,29,34)/t24-/m1/s1. The van der Waals surface area contributed by atoms with Crippen LogP contribution in [0.1, 0.15) is 19.8 Å². The molecule has 198 valence electrons. The van der Waals surface area contributed by atoms with Crippen LogP contribution in [-0.4, -0.2) is 90.6 Å². The number of carbonyl (C=O) groups excluding carboxylic acids is 2. The minimum absolute atomic E-state index is 0.00423. The van der Waals surface area contributed by atoms with Gasteiger partial charge in [-0.15, -0.1) is 0 Å². The van der Waals surface area contributed by atoms with E-state index in [9.17, 15) is 9.59 Å². The second-order valence-electron chi connectivity index (χ2n) is 9.25. The molecule has 2 aliphatic heterocycles. The summed E-state index contributed by atoms with van der Waals surface area (Å²) in [4.78, 5) is 34.9. The van der Waals surface area contributed by atoms with Crippen molar-refractivity contribution in [1.82, 2.24) is 14.7 Å². The second-order valence-corrected chi connectivity index (χ2v) is 10.1. The lowest BCUT2D eigenvalue weighted by Crippen LogP contribution is -2.47. The van der Waals surface area contributed by atoms with Gasteiger partial charge in [0.25, 0.3) is 5.91 Å². The molecule has 0 bridgehead atoms. The number of amides is 2. The lowest BCUT2D eigenvalue weighted by Gasteiger charge is -2.34. The Balaban J connectivity index is 1.44. The number of nitrogens with one attached hydrogen (secondary N) is 1. The first-order valence-corrected chi connectivity index (χ1v) is 13.5. The van der Waals surface area contributed by atoms with E-state index < -0.39 is 6.04 Å². The minimum Gasteiger partial charge on any atom is -0.497 e. The van der Waals surface area contributed by atoms with Crippen molar-refractivity contribution in [2.24, 2.45) is 0 Å². The quantitative estimate of drug-likeness (QED) is 0.458. The Hall–Kier alpha value is -2.72. The molecule has 0 radical (unpaired) electrons. The Morgan fingerprint density at radius 3 is 2.30 bits per heavy atom. The molecule has 2 saturated heterocycles. The smallest absolute Gasteiger partial charge is 0.256 e. The van der Waals surface area contributed by atoms with Crippen LogP contribution in [0, 0.1) is 0 Å². The van der Waals surface area contributed by atoms with E-state index >= 15 is 0 Å². The Morgan fingerprint density at radius 1 is 1.03 bits per heavy atom. The first kappa shape index (κ1) is 27.3. The highest BCUT2D eigenvalue weighted by Crippen LogP contribution is 2.29. The first-order valence-electron chi connectivity index (χ1n) is 12.7. The monoisotopic (exact) mass is 543 g/mol. The van der Waals surface area contributed by atoms with E-state index in [1.807, 2.05) is 4.90 Å². The van der Waals surface area contributed by atoms with Gasteiger partial charge in [-0.05, 0) is 80.3 Å². The van der Waals surface area contributed by atoms with Gasteiger partial charge in [-0.3, -0.25) is 14.5 Å². The third kappa shape index (κ3) is 6.78. The molecule has 1 N–H and O–H groups in total. The number of carbonyl (C=O) groups is 2. The maximum Gasteiger partial charge on any atom is 0.256 e.